The van der Waals surface area contributed by atoms with Gasteiger partial charge < -0.3 is 28.5 Å². The van der Waals surface area contributed by atoms with E-state index in [1.165, 1.54) is 89.9 Å². The molecule has 10 heteroatoms. The number of carbonyl (C=O) groups excluding carboxylic acids is 2. The number of ether oxygens (including phenoxy) is 1. The largest absolute Gasteiger partial charge is 0.756 e. The van der Waals surface area contributed by atoms with E-state index in [1.54, 1.807) is 0 Å². The van der Waals surface area contributed by atoms with Gasteiger partial charge in [0.15, 0.2) is 0 Å². The van der Waals surface area contributed by atoms with Gasteiger partial charge in [-0.25, -0.2) is 0 Å². The van der Waals surface area contributed by atoms with Crippen LogP contribution in [-0.2, 0) is 27.9 Å². The Morgan fingerprint density at radius 2 is 0.762 bits per heavy atom. The molecule has 0 bridgehead atoms. The number of allylic oxidation sites excluding steroid dienone is 21. The molecule has 1 N–H and O–H groups in total. The highest BCUT2D eigenvalue weighted by Gasteiger charge is 2.27. The molecule has 3 unspecified atom stereocenters. The van der Waals surface area contributed by atoms with Crippen LogP contribution < -0.4 is 10.2 Å². The normalized spacial score (nSPS) is 14.4. The monoisotopic (exact) mass is 1190 g/mol. The van der Waals surface area contributed by atoms with Gasteiger partial charge in [-0.15, -0.1) is 0 Å². The van der Waals surface area contributed by atoms with Gasteiger partial charge in [0, 0.05) is 12.8 Å². The number of hydrogen-bond acceptors (Lipinski definition) is 7. The molecule has 0 saturated heterocycles. The first-order valence-corrected chi connectivity index (χ1v) is 35.5. The van der Waals surface area contributed by atoms with E-state index >= 15 is 0 Å². The molecule has 0 saturated carbocycles. The maximum absolute atomic E-state index is 13.6. The van der Waals surface area contributed by atoms with Gasteiger partial charge in [-0.3, -0.25) is 14.2 Å². The summed E-state index contributed by atoms with van der Waals surface area (Å²) in [5.74, 6) is -0.573. The summed E-state index contributed by atoms with van der Waals surface area (Å²) in [7, 11) is 1.15. The van der Waals surface area contributed by atoms with Gasteiger partial charge in [0.1, 0.15) is 19.3 Å². The van der Waals surface area contributed by atoms with Crippen LogP contribution >= 0.6 is 7.82 Å². The molecule has 0 radical (unpaired) electrons. The number of likely N-dealkylation sites (N-methyl/N-ethyl adjacent to an activating group) is 1. The summed E-state index contributed by atoms with van der Waals surface area (Å²) in [5.41, 5.74) is 0. The fourth-order valence-electron chi connectivity index (χ4n) is 9.16. The predicted molar refractivity (Wildman–Crippen MR) is 362 cm³/mol. The van der Waals surface area contributed by atoms with E-state index in [9.17, 15) is 19.0 Å². The minimum atomic E-state index is -4.72. The minimum absolute atomic E-state index is 0.0338. The van der Waals surface area contributed by atoms with Crippen LogP contribution in [-0.4, -0.2) is 69.4 Å². The van der Waals surface area contributed by atoms with Crippen LogP contribution in [0.25, 0.3) is 0 Å². The smallest absolute Gasteiger partial charge is 0.306 e. The van der Waals surface area contributed by atoms with Crippen LogP contribution in [0, 0.1) is 0 Å². The van der Waals surface area contributed by atoms with Crippen LogP contribution in [0.1, 0.15) is 271 Å². The van der Waals surface area contributed by atoms with E-state index in [-0.39, 0.29) is 24.9 Å². The van der Waals surface area contributed by atoms with Crippen molar-refractivity contribution in [3.8, 4) is 0 Å². The van der Waals surface area contributed by atoms with E-state index < -0.39 is 26.6 Å². The average molecular weight is 1190 g/mol. The zero-order valence-electron chi connectivity index (χ0n) is 54.8. The molecule has 0 aromatic rings. The lowest BCUT2D eigenvalue weighted by Gasteiger charge is -2.30. The van der Waals surface area contributed by atoms with E-state index in [0.29, 0.717) is 23.9 Å². The number of phosphoric ester groups is 1. The summed E-state index contributed by atoms with van der Waals surface area (Å²) >= 11 is 0. The zero-order chi connectivity index (χ0) is 61.4. The molecule has 0 aliphatic rings. The van der Waals surface area contributed by atoms with Crippen molar-refractivity contribution in [1.82, 2.24) is 5.32 Å². The SMILES string of the molecule is CC/C=C\C/C=C\C/C=C\C/C=C\C/C=C\CCCCCCCCCC(=O)NC(COP(=O)([O-])OCC[N+](C)(C)C)C(/C=C/CCCCCCCCCCCC)OC(=O)CCCCCCCCC/C=C\C/C=C\C/C=C\C/C=C\C/C=C\CC. The van der Waals surface area contributed by atoms with Gasteiger partial charge in [0.05, 0.1) is 33.8 Å². The number of amides is 1. The summed E-state index contributed by atoms with van der Waals surface area (Å²) in [6.07, 6.45) is 88.5. The fraction of sp³-hybridized carbons (Fsp3) is 0.676. The number of quaternary nitrogens is 1. The van der Waals surface area contributed by atoms with E-state index in [4.69, 9.17) is 13.8 Å². The standard InChI is InChI=1S/C74H127N2O7P/c1-7-10-13-16-19-22-25-28-30-32-34-36-38-40-42-44-46-48-51-54-57-60-63-66-73(77)75-71(70-82-84(79,80)81-69-68-76(4,5)6)72(65-62-59-56-53-50-27-24-21-18-15-12-9-3)83-74(78)67-64-61-58-55-52-49-47-45-43-41-39-37-35-33-31-29-26-23-20-17-14-11-8-2/h10-11,13-14,19-20,22-23,28-31,34-37,40-43,62,65,71-72H,7-9,12,15-18,21,24-27,32-33,38-39,44-61,63-64,66-70H2,1-6H3,(H-,75,77,79,80)/b13-10-,14-11-,22-19-,23-20-,30-28-,31-29-,36-34-,37-35-,42-40-,43-41-,65-62+. The Balaban J connectivity index is 5.20. The van der Waals surface area contributed by atoms with Crippen molar-refractivity contribution in [2.24, 2.45) is 0 Å². The number of nitrogens with zero attached hydrogens (tertiary/aromatic N) is 1. The van der Waals surface area contributed by atoms with Crippen LogP contribution in [0.5, 0.6) is 0 Å². The molecule has 0 aliphatic heterocycles. The Hall–Kier alpha value is -3.85. The summed E-state index contributed by atoms with van der Waals surface area (Å²) in [5, 5.41) is 3.03. The van der Waals surface area contributed by atoms with Gasteiger partial charge in [0.2, 0.25) is 5.91 Å². The first kappa shape index (κ1) is 80.2. The summed E-state index contributed by atoms with van der Waals surface area (Å²) in [6.45, 7) is 6.59. The number of rotatable bonds is 60. The topological polar surface area (TPSA) is 114 Å². The average Bonchev–Trinajstić information content (AvgIpc) is 3.64. The molecule has 3 atom stereocenters. The number of nitrogens with one attached hydrogen (secondary N) is 1. The molecule has 1 amide bonds. The molecule has 0 aromatic heterocycles. The second-order valence-electron chi connectivity index (χ2n) is 23.6. The molecule has 0 rings (SSSR count). The summed E-state index contributed by atoms with van der Waals surface area (Å²) < 4.78 is 30.4. The zero-order valence-corrected chi connectivity index (χ0v) is 55.7. The Labute approximate surface area is 517 Å². The minimum Gasteiger partial charge on any atom is -0.756 e. The van der Waals surface area contributed by atoms with Crippen molar-refractivity contribution in [3.63, 3.8) is 0 Å². The molecule has 0 aromatic carbocycles. The predicted octanol–water partition coefficient (Wildman–Crippen LogP) is 21.0. The van der Waals surface area contributed by atoms with Crippen molar-refractivity contribution in [2.45, 2.75) is 283 Å². The maximum Gasteiger partial charge on any atom is 0.306 e. The number of phosphoric acid groups is 1. The van der Waals surface area contributed by atoms with Gasteiger partial charge in [-0.1, -0.05) is 270 Å². The van der Waals surface area contributed by atoms with Crippen LogP contribution in [0.4, 0.5) is 0 Å². The third-order valence-corrected chi connectivity index (χ3v) is 15.3. The molecule has 0 heterocycles. The molecule has 84 heavy (non-hydrogen) atoms. The van der Waals surface area contributed by atoms with Gasteiger partial charge >= 0.3 is 5.97 Å². The third-order valence-electron chi connectivity index (χ3n) is 14.3. The van der Waals surface area contributed by atoms with Crippen molar-refractivity contribution in [2.75, 3.05) is 40.9 Å². The highest BCUT2D eigenvalue weighted by Crippen LogP contribution is 2.38. The third kappa shape index (κ3) is 62.7. The first-order chi connectivity index (χ1) is 40.9. The first-order valence-electron chi connectivity index (χ1n) is 34.0. The van der Waals surface area contributed by atoms with Crippen molar-refractivity contribution >= 4 is 19.7 Å². The van der Waals surface area contributed by atoms with Crippen molar-refractivity contribution in [3.05, 3.63) is 134 Å². The Kier molecular flexibility index (Phi) is 59.4. The quantitative estimate of drug-likeness (QED) is 0.0212. The van der Waals surface area contributed by atoms with Crippen molar-refractivity contribution in [1.29, 1.82) is 0 Å². The number of hydrogen-bond donors (Lipinski definition) is 1. The highest BCUT2D eigenvalue weighted by molar-refractivity contribution is 7.45. The van der Waals surface area contributed by atoms with Gasteiger partial charge in [-0.05, 0) is 122 Å². The molecular weight excluding hydrogens is 1060 g/mol. The molecule has 0 aliphatic carbocycles. The highest BCUT2D eigenvalue weighted by atomic mass is 31.2. The summed E-state index contributed by atoms with van der Waals surface area (Å²) in [6, 6.07) is -0.910. The second-order valence-corrected chi connectivity index (χ2v) is 25.0. The lowest BCUT2D eigenvalue weighted by molar-refractivity contribution is -0.870. The molecule has 0 spiro atoms. The summed E-state index contributed by atoms with van der Waals surface area (Å²) in [4.78, 5) is 40.2. The van der Waals surface area contributed by atoms with Crippen molar-refractivity contribution < 1.29 is 37.3 Å². The number of unbranched alkanes of at least 4 members (excludes halogenated alkanes) is 24. The van der Waals surface area contributed by atoms with E-state index in [2.05, 4.69) is 148 Å². The fourth-order valence-corrected chi connectivity index (χ4v) is 9.89. The van der Waals surface area contributed by atoms with Gasteiger partial charge in [-0.2, -0.15) is 0 Å². The van der Waals surface area contributed by atoms with Crippen LogP contribution in [0.2, 0.25) is 0 Å². The molecule has 0 fully saturated rings. The molecular formula is C74H127N2O7P. The van der Waals surface area contributed by atoms with E-state index in [0.717, 1.165) is 141 Å². The Bertz CT molecular complexity index is 1900. The number of carbonyl (C=O) groups is 2. The molecule has 480 valence electrons. The van der Waals surface area contributed by atoms with Crippen LogP contribution in [0.15, 0.2) is 134 Å². The Morgan fingerprint density at radius 3 is 1.14 bits per heavy atom. The molecule has 9 nitrogen and oxygen atoms in total. The maximum atomic E-state index is 13.6. The van der Waals surface area contributed by atoms with Crippen LogP contribution in [0.3, 0.4) is 0 Å². The van der Waals surface area contributed by atoms with Gasteiger partial charge in [0.25, 0.3) is 7.82 Å². The lowest BCUT2D eigenvalue weighted by atomic mass is 10.0. The lowest BCUT2D eigenvalue weighted by Crippen LogP contribution is -2.47. The number of esters is 1. The van der Waals surface area contributed by atoms with E-state index in [1.807, 2.05) is 33.3 Å². The second kappa shape index (κ2) is 62.2. The Morgan fingerprint density at radius 1 is 0.429 bits per heavy atom.